The minimum Gasteiger partial charge on any atom is -0.467 e. The largest absolute Gasteiger partial charge is 0.467 e. The van der Waals surface area contributed by atoms with Gasteiger partial charge >= 0.3 is 6.01 Å². The second-order valence-electron chi connectivity index (χ2n) is 4.50. The molecule has 0 saturated heterocycles. The zero-order chi connectivity index (χ0) is 14.5. The third kappa shape index (κ3) is 3.36. The molecule has 0 unspecified atom stereocenters. The van der Waals surface area contributed by atoms with E-state index in [-0.39, 0.29) is 6.04 Å². The van der Waals surface area contributed by atoms with Crippen LogP contribution in [0.5, 0.6) is 6.01 Å². The molecule has 0 fully saturated rings. The molecule has 0 aromatic carbocycles. The molecule has 7 heteroatoms. The van der Waals surface area contributed by atoms with Gasteiger partial charge in [0.1, 0.15) is 0 Å². The lowest BCUT2D eigenvalue weighted by Crippen LogP contribution is -2.31. The van der Waals surface area contributed by atoms with Crippen molar-refractivity contribution in [1.29, 1.82) is 0 Å². The first-order valence-electron chi connectivity index (χ1n) is 6.41. The lowest BCUT2D eigenvalue weighted by molar-refractivity contribution is 0.378. The Morgan fingerprint density at radius 3 is 2.70 bits per heavy atom. The van der Waals surface area contributed by atoms with Crippen LogP contribution in [0.4, 0.5) is 11.9 Å². The maximum atomic E-state index is 5.14. The van der Waals surface area contributed by atoms with E-state index in [0.717, 1.165) is 6.54 Å². The molecule has 2 aromatic rings. The summed E-state index contributed by atoms with van der Waals surface area (Å²) in [6.07, 6.45) is 0. The Morgan fingerprint density at radius 2 is 2.15 bits per heavy atom. The van der Waals surface area contributed by atoms with Gasteiger partial charge in [0.2, 0.25) is 11.9 Å². The van der Waals surface area contributed by atoms with Gasteiger partial charge in [-0.15, -0.1) is 11.3 Å². The van der Waals surface area contributed by atoms with Crippen molar-refractivity contribution < 1.29 is 4.74 Å². The smallest absolute Gasteiger partial charge is 0.322 e. The SMILES string of the molecule is CNc1nc(OC)nc(N(Cc2cccs2)C(C)C)n1. The van der Waals surface area contributed by atoms with Crippen molar-refractivity contribution in [3.8, 4) is 6.01 Å². The van der Waals surface area contributed by atoms with Crippen LogP contribution in [0.3, 0.4) is 0 Å². The van der Waals surface area contributed by atoms with Gasteiger partial charge in [0.15, 0.2) is 0 Å². The van der Waals surface area contributed by atoms with E-state index in [0.29, 0.717) is 17.9 Å². The molecule has 2 aromatic heterocycles. The number of anilines is 2. The number of hydrogen-bond donors (Lipinski definition) is 1. The van der Waals surface area contributed by atoms with Crippen molar-refractivity contribution in [3.63, 3.8) is 0 Å². The van der Waals surface area contributed by atoms with Crippen LogP contribution in [0.2, 0.25) is 0 Å². The van der Waals surface area contributed by atoms with E-state index in [4.69, 9.17) is 4.74 Å². The molecule has 108 valence electrons. The molecule has 0 saturated carbocycles. The molecule has 0 amide bonds. The van der Waals surface area contributed by atoms with E-state index >= 15 is 0 Å². The summed E-state index contributed by atoms with van der Waals surface area (Å²) in [4.78, 5) is 16.3. The van der Waals surface area contributed by atoms with Gasteiger partial charge in [-0.2, -0.15) is 15.0 Å². The van der Waals surface area contributed by atoms with Crippen molar-refractivity contribution in [2.45, 2.75) is 26.4 Å². The van der Waals surface area contributed by atoms with Gasteiger partial charge in [-0.05, 0) is 25.3 Å². The van der Waals surface area contributed by atoms with E-state index in [9.17, 15) is 0 Å². The summed E-state index contributed by atoms with van der Waals surface area (Å²) in [5.41, 5.74) is 0. The Morgan fingerprint density at radius 1 is 1.35 bits per heavy atom. The maximum absolute atomic E-state index is 5.14. The Hall–Kier alpha value is -1.89. The minimum absolute atomic E-state index is 0.272. The molecule has 1 N–H and O–H groups in total. The molecule has 0 aliphatic heterocycles. The molecule has 0 aliphatic carbocycles. The van der Waals surface area contributed by atoms with Crippen LogP contribution in [0.1, 0.15) is 18.7 Å². The van der Waals surface area contributed by atoms with Crippen molar-refractivity contribution in [2.75, 3.05) is 24.4 Å². The lowest BCUT2D eigenvalue weighted by atomic mass is 10.3. The molecule has 0 atom stereocenters. The fourth-order valence-electron chi connectivity index (χ4n) is 1.73. The fourth-order valence-corrected chi connectivity index (χ4v) is 2.43. The minimum atomic E-state index is 0.272. The second kappa shape index (κ2) is 6.51. The highest BCUT2D eigenvalue weighted by Gasteiger charge is 2.17. The normalized spacial score (nSPS) is 10.7. The molecule has 0 radical (unpaired) electrons. The number of ether oxygens (including phenoxy) is 1. The summed E-state index contributed by atoms with van der Waals surface area (Å²) in [5, 5.41) is 5.00. The molecule has 2 rings (SSSR count). The summed E-state index contributed by atoms with van der Waals surface area (Å²) in [6.45, 7) is 5.00. The van der Waals surface area contributed by atoms with Crippen molar-refractivity contribution in [1.82, 2.24) is 15.0 Å². The van der Waals surface area contributed by atoms with Gasteiger partial charge < -0.3 is 15.0 Å². The van der Waals surface area contributed by atoms with Crippen molar-refractivity contribution >= 4 is 23.2 Å². The van der Waals surface area contributed by atoms with Crippen LogP contribution in [0.25, 0.3) is 0 Å². The highest BCUT2D eigenvalue weighted by atomic mass is 32.1. The highest BCUT2D eigenvalue weighted by Crippen LogP contribution is 2.21. The molecule has 0 bridgehead atoms. The molecule has 6 nitrogen and oxygen atoms in total. The van der Waals surface area contributed by atoms with Gasteiger partial charge in [0.05, 0.1) is 13.7 Å². The number of thiophene rings is 1. The summed E-state index contributed by atoms with van der Waals surface area (Å²) >= 11 is 1.72. The number of rotatable bonds is 6. The molecule has 0 aliphatic rings. The summed E-state index contributed by atoms with van der Waals surface area (Å²) < 4.78 is 5.14. The second-order valence-corrected chi connectivity index (χ2v) is 5.53. The molecule has 2 heterocycles. The monoisotopic (exact) mass is 293 g/mol. The average Bonchev–Trinajstić information content (AvgIpc) is 2.96. The van der Waals surface area contributed by atoms with Crippen LogP contribution in [-0.4, -0.2) is 35.2 Å². The first-order chi connectivity index (χ1) is 9.63. The first kappa shape index (κ1) is 14.5. The van der Waals surface area contributed by atoms with Gasteiger partial charge in [0.25, 0.3) is 0 Å². The Bertz CT molecular complexity index is 521. The van der Waals surface area contributed by atoms with E-state index in [1.807, 2.05) is 6.07 Å². The maximum Gasteiger partial charge on any atom is 0.322 e. The van der Waals surface area contributed by atoms with Crippen molar-refractivity contribution in [3.05, 3.63) is 22.4 Å². The predicted molar refractivity (Wildman–Crippen MR) is 81.6 cm³/mol. The zero-order valence-corrected chi connectivity index (χ0v) is 12.9. The number of nitrogens with one attached hydrogen (secondary N) is 1. The fraction of sp³-hybridized carbons (Fsp3) is 0.462. The number of hydrogen-bond acceptors (Lipinski definition) is 7. The lowest BCUT2D eigenvalue weighted by Gasteiger charge is -2.26. The van der Waals surface area contributed by atoms with E-state index in [1.165, 1.54) is 4.88 Å². The molecule has 0 spiro atoms. The predicted octanol–water partition coefficient (Wildman–Crippen LogP) is 2.40. The highest BCUT2D eigenvalue weighted by molar-refractivity contribution is 7.09. The van der Waals surface area contributed by atoms with E-state index < -0.39 is 0 Å². The zero-order valence-electron chi connectivity index (χ0n) is 12.1. The topological polar surface area (TPSA) is 63.2 Å². The van der Waals surface area contributed by atoms with Gasteiger partial charge in [0, 0.05) is 18.0 Å². The Balaban J connectivity index is 2.33. The molecule has 20 heavy (non-hydrogen) atoms. The van der Waals surface area contributed by atoms with Crippen LogP contribution >= 0.6 is 11.3 Å². The quantitative estimate of drug-likeness (QED) is 0.882. The van der Waals surface area contributed by atoms with Crippen LogP contribution in [0, 0.1) is 0 Å². The Kier molecular flexibility index (Phi) is 4.73. The third-order valence-corrected chi connectivity index (χ3v) is 3.66. The standard InChI is InChI=1S/C13H19N5OS/c1-9(2)18(8-10-6-5-7-20-10)12-15-11(14-3)16-13(17-12)19-4/h5-7,9H,8H2,1-4H3,(H,14,15,16,17). The van der Waals surface area contributed by atoms with Gasteiger partial charge in [-0.25, -0.2) is 0 Å². The van der Waals surface area contributed by atoms with Gasteiger partial charge in [-0.3, -0.25) is 0 Å². The third-order valence-electron chi connectivity index (χ3n) is 2.80. The van der Waals surface area contributed by atoms with Crippen molar-refractivity contribution in [2.24, 2.45) is 0 Å². The number of methoxy groups -OCH3 is 1. The first-order valence-corrected chi connectivity index (χ1v) is 7.29. The molecular formula is C13H19N5OS. The van der Waals surface area contributed by atoms with Crippen LogP contribution in [-0.2, 0) is 6.54 Å². The van der Waals surface area contributed by atoms with E-state index in [2.05, 4.69) is 50.5 Å². The van der Waals surface area contributed by atoms with E-state index in [1.54, 1.807) is 25.5 Å². The van der Waals surface area contributed by atoms with Crippen LogP contribution < -0.4 is 15.0 Å². The average molecular weight is 293 g/mol. The number of aromatic nitrogens is 3. The summed E-state index contributed by atoms with van der Waals surface area (Å²) in [6, 6.07) is 4.74. The summed E-state index contributed by atoms with van der Waals surface area (Å²) in [5.74, 6) is 1.12. The molecular weight excluding hydrogens is 274 g/mol. The van der Waals surface area contributed by atoms with Crippen LogP contribution in [0.15, 0.2) is 17.5 Å². The summed E-state index contributed by atoms with van der Waals surface area (Å²) in [7, 11) is 3.33. The Labute approximate surface area is 122 Å². The van der Waals surface area contributed by atoms with Gasteiger partial charge in [-0.1, -0.05) is 6.07 Å². The number of nitrogens with zero attached hydrogens (tertiary/aromatic N) is 4.